The van der Waals surface area contributed by atoms with Crippen LogP contribution in [0.2, 0.25) is 0 Å². The number of carbonyl (C=O) groups excluding carboxylic acids is 1. The van der Waals surface area contributed by atoms with E-state index >= 15 is 0 Å². The lowest BCUT2D eigenvalue weighted by atomic mass is 9.80. The predicted octanol–water partition coefficient (Wildman–Crippen LogP) is 7.07. The molecule has 0 spiro atoms. The van der Waals surface area contributed by atoms with Gasteiger partial charge in [-0.15, -0.1) is 0 Å². The van der Waals surface area contributed by atoms with Crippen molar-refractivity contribution < 1.29 is 4.79 Å². The van der Waals surface area contributed by atoms with Crippen LogP contribution in [0.25, 0.3) is 49.9 Å². The van der Waals surface area contributed by atoms with Crippen LogP contribution < -0.4 is 0 Å². The summed E-state index contributed by atoms with van der Waals surface area (Å²) >= 11 is 0. The first-order chi connectivity index (χ1) is 17.1. The van der Waals surface area contributed by atoms with Crippen molar-refractivity contribution in [2.75, 3.05) is 0 Å². The van der Waals surface area contributed by atoms with Gasteiger partial charge in [0.05, 0.1) is 28.0 Å². The van der Waals surface area contributed by atoms with E-state index in [-0.39, 0.29) is 5.78 Å². The SMILES string of the molecule is Cc1ccc(-n2nc(C)c3c4c(c(-c5ccccc5)nc32)C(=O)c2cccc3cccc-4c23)cc1. The highest BCUT2D eigenvalue weighted by molar-refractivity contribution is 6.30. The number of hydrogen-bond donors (Lipinski definition) is 0. The maximum Gasteiger partial charge on any atom is 0.196 e. The largest absolute Gasteiger partial charge is 0.288 e. The van der Waals surface area contributed by atoms with Gasteiger partial charge in [-0.25, -0.2) is 9.67 Å². The van der Waals surface area contributed by atoms with Gasteiger partial charge in [-0.1, -0.05) is 84.4 Å². The first-order valence-corrected chi connectivity index (χ1v) is 11.7. The van der Waals surface area contributed by atoms with E-state index in [1.54, 1.807) is 0 Å². The molecule has 0 aliphatic heterocycles. The van der Waals surface area contributed by atoms with Gasteiger partial charge in [0.1, 0.15) is 0 Å². The molecule has 2 heterocycles. The van der Waals surface area contributed by atoms with Gasteiger partial charge in [0.2, 0.25) is 0 Å². The molecule has 2 aromatic heterocycles. The Morgan fingerprint density at radius 2 is 1.40 bits per heavy atom. The zero-order chi connectivity index (χ0) is 23.7. The van der Waals surface area contributed by atoms with Gasteiger partial charge in [0, 0.05) is 22.1 Å². The van der Waals surface area contributed by atoms with Crippen LogP contribution in [0.3, 0.4) is 0 Å². The molecule has 0 N–H and O–H groups in total. The summed E-state index contributed by atoms with van der Waals surface area (Å²) in [7, 11) is 0. The van der Waals surface area contributed by atoms with Crippen LogP contribution in [0, 0.1) is 13.8 Å². The second-order valence-corrected chi connectivity index (χ2v) is 9.15. The van der Waals surface area contributed by atoms with E-state index in [0.29, 0.717) is 11.3 Å². The van der Waals surface area contributed by atoms with Crippen molar-refractivity contribution in [2.24, 2.45) is 0 Å². The molecule has 0 amide bonds. The molecule has 1 aliphatic rings. The average Bonchev–Trinajstić information content (AvgIpc) is 3.23. The molecular weight excluding hydrogens is 430 g/mol. The van der Waals surface area contributed by atoms with E-state index < -0.39 is 0 Å². The molecule has 4 aromatic carbocycles. The van der Waals surface area contributed by atoms with Crippen molar-refractivity contribution in [2.45, 2.75) is 13.8 Å². The van der Waals surface area contributed by atoms with Gasteiger partial charge in [-0.3, -0.25) is 4.79 Å². The topological polar surface area (TPSA) is 47.8 Å². The fourth-order valence-corrected chi connectivity index (χ4v) is 5.35. The molecule has 35 heavy (non-hydrogen) atoms. The summed E-state index contributed by atoms with van der Waals surface area (Å²) < 4.78 is 1.90. The van der Waals surface area contributed by atoms with Crippen molar-refractivity contribution in [3.05, 3.63) is 113 Å². The molecule has 0 saturated carbocycles. The highest BCUT2D eigenvalue weighted by Gasteiger charge is 2.32. The Balaban J connectivity index is 1.69. The van der Waals surface area contributed by atoms with E-state index in [1.165, 1.54) is 5.56 Å². The lowest BCUT2D eigenvalue weighted by molar-refractivity contribution is 0.104. The molecule has 0 bridgehead atoms. The zero-order valence-electron chi connectivity index (χ0n) is 19.4. The normalized spacial score (nSPS) is 12.3. The molecule has 7 rings (SSSR count). The molecule has 0 saturated heterocycles. The zero-order valence-corrected chi connectivity index (χ0v) is 19.4. The Labute approximate surface area is 202 Å². The Morgan fingerprint density at radius 1 is 0.686 bits per heavy atom. The molecule has 0 unspecified atom stereocenters. The van der Waals surface area contributed by atoms with Crippen LogP contribution in [0.1, 0.15) is 27.2 Å². The second kappa shape index (κ2) is 7.21. The fraction of sp³-hybridized carbons (Fsp3) is 0.0645. The third kappa shape index (κ3) is 2.77. The van der Waals surface area contributed by atoms with E-state index in [0.717, 1.165) is 55.4 Å². The van der Waals surface area contributed by atoms with Crippen LogP contribution in [0.5, 0.6) is 0 Å². The number of carbonyl (C=O) groups is 1. The molecule has 0 fully saturated rings. The minimum absolute atomic E-state index is 0.0139. The monoisotopic (exact) mass is 451 g/mol. The van der Waals surface area contributed by atoms with Gasteiger partial charge in [-0.2, -0.15) is 5.10 Å². The number of benzene rings is 4. The van der Waals surface area contributed by atoms with Crippen molar-refractivity contribution in [1.82, 2.24) is 14.8 Å². The number of rotatable bonds is 2. The standard InChI is InChI=1S/C31H21N3O/c1-18-14-16-22(17-15-18)34-31-25(19(2)33-34)27-23-12-6-10-20-11-7-13-24(26(20)23)30(35)28(27)29(32-31)21-8-4-3-5-9-21/h3-17H,1-2H3. The molecule has 6 aromatic rings. The minimum atomic E-state index is 0.0139. The first kappa shape index (κ1) is 19.9. The molecule has 4 nitrogen and oxygen atoms in total. The number of ketones is 1. The van der Waals surface area contributed by atoms with E-state index in [4.69, 9.17) is 10.1 Å². The summed E-state index contributed by atoms with van der Waals surface area (Å²) in [6.07, 6.45) is 0. The molecule has 166 valence electrons. The van der Waals surface area contributed by atoms with Crippen molar-refractivity contribution in [1.29, 1.82) is 0 Å². The summed E-state index contributed by atoms with van der Waals surface area (Å²) in [5, 5.41) is 7.91. The maximum atomic E-state index is 14.1. The predicted molar refractivity (Wildman–Crippen MR) is 140 cm³/mol. The second-order valence-electron chi connectivity index (χ2n) is 9.15. The van der Waals surface area contributed by atoms with Crippen LogP contribution in [-0.4, -0.2) is 20.5 Å². The van der Waals surface area contributed by atoms with Gasteiger partial charge in [-0.05, 0) is 36.9 Å². The highest BCUT2D eigenvalue weighted by Crippen LogP contribution is 2.46. The van der Waals surface area contributed by atoms with Crippen molar-refractivity contribution in [3.63, 3.8) is 0 Å². The number of aryl methyl sites for hydroxylation is 2. The van der Waals surface area contributed by atoms with E-state index in [1.807, 2.05) is 54.1 Å². The number of aromatic nitrogens is 3. The Kier molecular flexibility index (Phi) is 4.09. The van der Waals surface area contributed by atoms with E-state index in [2.05, 4.69) is 55.5 Å². The van der Waals surface area contributed by atoms with Crippen molar-refractivity contribution in [3.8, 4) is 28.1 Å². The quantitative estimate of drug-likeness (QED) is 0.282. The molecule has 0 atom stereocenters. The Bertz CT molecular complexity index is 1810. The molecule has 1 aliphatic carbocycles. The molecule has 0 radical (unpaired) electrons. The summed E-state index contributed by atoms with van der Waals surface area (Å²) in [5.41, 5.74) is 8.72. The number of pyridine rings is 1. The van der Waals surface area contributed by atoms with Gasteiger partial charge in [0.25, 0.3) is 0 Å². The first-order valence-electron chi connectivity index (χ1n) is 11.7. The Hall–Kier alpha value is -4.57. The highest BCUT2D eigenvalue weighted by atomic mass is 16.1. The minimum Gasteiger partial charge on any atom is -0.288 e. The molecular formula is C31H21N3O. The average molecular weight is 452 g/mol. The number of hydrogen-bond acceptors (Lipinski definition) is 3. The summed E-state index contributed by atoms with van der Waals surface area (Å²) in [6.45, 7) is 4.07. The summed E-state index contributed by atoms with van der Waals surface area (Å²) in [5.74, 6) is 0.0139. The van der Waals surface area contributed by atoms with Crippen LogP contribution in [0.15, 0.2) is 91.0 Å². The van der Waals surface area contributed by atoms with Gasteiger partial charge < -0.3 is 0 Å². The van der Waals surface area contributed by atoms with Crippen LogP contribution >= 0.6 is 0 Å². The van der Waals surface area contributed by atoms with Gasteiger partial charge in [0.15, 0.2) is 11.4 Å². The van der Waals surface area contributed by atoms with Crippen molar-refractivity contribution >= 4 is 27.6 Å². The third-order valence-corrected chi connectivity index (χ3v) is 6.96. The summed E-state index contributed by atoms with van der Waals surface area (Å²) in [6, 6.07) is 30.5. The summed E-state index contributed by atoms with van der Waals surface area (Å²) in [4.78, 5) is 19.2. The molecule has 4 heteroatoms. The smallest absolute Gasteiger partial charge is 0.196 e. The third-order valence-electron chi connectivity index (χ3n) is 6.96. The van der Waals surface area contributed by atoms with Crippen LogP contribution in [0.4, 0.5) is 0 Å². The van der Waals surface area contributed by atoms with E-state index in [9.17, 15) is 4.79 Å². The van der Waals surface area contributed by atoms with Gasteiger partial charge >= 0.3 is 0 Å². The van der Waals surface area contributed by atoms with Crippen LogP contribution in [-0.2, 0) is 0 Å². The lowest BCUT2D eigenvalue weighted by Gasteiger charge is -2.23. The Morgan fingerprint density at radius 3 is 2.14 bits per heavy atom. The maximum absolute atomic E-state index is 14.1. The number of nitrogens with zero attached hydrogens (tertiary/aromatic N) is 3. The fourth-order valence-electron chi connectivity index (χ4n) is 5.35. The lowest BCUT2D eigenvalue weighted by Crippen LogP contribution is -2.14. The number of fused-ring (bicyclic) bond motifs is 4.